The van der Waals surface area contributed by atoms with Crippen molar-refractivity contribution in [1.29, 1.82) is 0 Å². The molecule has 5 aromatic carbocycles. The number of benzene rings is 5. The maximum Gasteiger partial charge on any atom is 0.494 e. The molecule has 0 bridgehead atoms. The van der Waals surface area contributed by atoms with E-state index in [4.69, 9.17) is 65.7 Å². The van der Waals surface area contributed by atoms with Crippen molar-refractivity contribution < 1.29 is 102 Å². The first-order valence-electron chi connectivity index (χ1n) is 40.1. The topological polar surface area (TPSA) is 394 Å². The molecule has 0 saturated carbocycles. The van der Waals surface area contributed by atoms with Crippen LogP contribution < -0.4 is 5.46 Å². The van der Waals surface area contributed by atoms with E-state index >= 15 is 0 Å². The number of carbonyl (C=O) groups excluding carboxylic acids is 4. The maximum atomic E-state index is 12.7. The molecule has 6 aliphatic rings. The van der Waals surface area contributed by atoms with E-state index in [1.807, 2.05) is 116 Å². The van der Waals surface area contributed by atoms with Gasteiger partial charge in [0.25, 0.3) is 23.6 Å². The Balaban J connectivity index is 0.000000169. The SMILES string of the molecule is CC(C)(O)C(C)(C)O.CC1(C)OB(c2ccc(C(=O)N3CCOCC3)c(CO)c2)OC1(C)C.O=C(O)c1ccc(Br)cc1CO.O=C(c1ccc(-c2ccc3ncc(I)n3n2)cc1CO)N1CCOCC1.O=C(c1ccc(-c2ccc3nccn3n2)cc1CO)N1CCOCC1.O=C(c1ccc(Br)cc1CO)N1CCOCC1.[B]B1OC(C)(C)C(C)(C)O1. The molecule has 9 aromatic rings. The van der Waals surface area contributed by atoms with E-state index in [-0.39, 0.29) is 73.4 Å². The second kappa shape index (κ2) is 43.9. The molecule has 0 aliphatic carbocycles. The summed E-state index contributed by atoms with van der Waals surface area (Å²) in [6.45, 7) is 30.3. The lowest BCUT2D eigenvalue weighted by atomic mass is 9.63. The second-order valence-electron chi connectivity index (χ2n) is 32.3. The molecule has 6 aliphatic heterocycles. The number of aromatic carboxylic acids is 1. The molecule has 123 heavy (non-hydrogen) atoms. The number of hydrogen-bond acceptors (Lipinski definition) is 24. The van der Waals surface area contributed by atoms with Gasteiger partial charge in [0.2, 0.25) is 0 Å². The summed E-state index contributed by atoms with van der Waals surface area (Å²) in [6.07, 6.45) is 5.23. The highest BCUT2D eigenvalue weighted by Gasteiger charge is 2.52. The third-order valence-electron chi connectivity index (χ3n) is 22.1. The number of carbonyl (C=O) groups is 5. The van der Waals surface area contributed by atoms with Gasteiger partial charge in [-0.05, 0) is 230 Å². The van der Waals surface area contributed by atoms with Crippen molar-refractivity contribution in [2.75, 3.05) is 105 Å². The minimum Gasteiger partial charge on any atom is -0.478 e. The first kappa shape index (κ1) is 98.8. The highest BCUT2D eigenvalue weighted by molar-refractivity contribution is 14.1. The molecule has 8 N–H and O–H groups in total. The Morgan fingerprint density at radius 2 is 0.780 bits per heavy atom. The number of carboxylic acid groups (broad SMARTS) is 1. The molecule has 658 valence electrons. The van der Waals surface area contributed by atoms with Gasteiger partial charge >= 0.3 is 20.1 Å². The molecule has 37 heteroatoms. The average molecular weight is 1940 g/mol. The number of aliphatic hydroxyl groups excluding tert-OH is 5. The van der Waals surface area contributed by atoms with Crippen LogP contribution in [0.1, 0.15) is 163 Å². The molecule has 0 spiro atoms. The molecule has 2 radical (unpaired) electrons. The van der Waals surface area contributed by atoms with Crippen LogP contribution in [-0.4, -0.2) is 280 Å². The first-order chi connectivity index (χ1) is 58.1. The molecule has 0 unspecified atom stereocenters. The van der Waals surface area contributed by atoms with E-state index < -0.39 is 42.5 Å². The Morgan fingerprint density at radius 1 is 0.447 bits per heavy atom. The quantitative estimate of drug-likeness (QED) is 0.0373. The lowest BCUT2D eigenvalue weighted by Gasteiger charge is -2.32. The van der Waals surface area contributed by atoms with Gasteiger partial charge in [-0.15, -0.1) is 0 Å². The summed E-state index contributed by atoms with van der Waals surface area (Å²) in [6, 6.07) is 33.8. The molecule has 31 nitrogen and oxygen atoms in total. The van der Waals surface area contributed by atoms with Gasteiger partial charge in [0.1, 0.15) is 11.4 Å². The van der Waals surface area contributed by atoms with Gasteiger partial charge < -0.3 is 98.0 Å². The standard InChI is InChI=1S/C18H26BNO5.C18H17IN4O3.C18H18N4O3.C12H14BrNO3.C8H7BrO3.C6H12B2O2.C6H14O2/c1-17(2)18(3,4)25-19(24-17)14-5-6-15(13(11-14)12-21)16(22)20-7-9-23-10-8-20;19-16-10-20-17-4-3-15(21-23(16)17)12-1-2-14(13(9-12)11-24)18(25)22-5-7-26-8-6-22;23-12-14-11-13(16-3-4-17-19-5-6-22(17)20-16)1-2-15(14)18(24)21-7-9-25-10-8-21;13-10-1-2-11(9(7-10)8-15)12(16)14-3-5-17-6-4-14;9-6-1-2-7(8(11)12)5(3-6)4-10;1-5(2)6(3,4)10-8(7)9-5;1-5(2,7)6(3,4)8/h5-6,11,21H,7-10,12H2,1-4H3;1-4,9-10,24H,5-8,11H2;1-6,11,23H,7-10,12H2;1-2,7,15H,3-6,8H2;1-3,10H,4H2,(H,11,12);1-4H3;7-8H,1-4H3. The number of halogens is 3. The van der Waals surface area contributed by atoms with Crippen molar-refractivity contribution in [3.05, 3.63) is 202 Å². The van der Waals surface area contributed by atoms with Gasteiger partial charge in [-0.2, -0.15) is 10.2 Å². The van der Waals surface area contributed by atoms with Crippen molar-refractivity contribution in [2.24, 2.45) is 0 Å². The van der Waals surface area contributed by atoms with Crippen LogP contribution in [0.4, 0.5) is 0 Å². The van der Waals surface area contributed by atoms with Crippen LogP contribution in [0.5, 0.6) is 0 Å². The smallest absolute Gasteiger partial charge is 0.478 e. The van der Waals surface area contributed by atoms with E-state index in [2.05, 4.69) is 74.6 Å². The van der Waals surface area contributed by atoms with Crippen molar-refractivity contribution in [3.8, 4) is 22.5 Å². The monoisotopic (exact) mass is 1930 g/mol. The minimum absolute atomic E-state index is 0.0372. The van der Waals surface area contributed by atoms with E-state index in [9.17, 15) is 44.4 Å². The zero-order valence-corrected chi connectivity index (χ0v) is 76.6. The number of fused-ring (bicyclic) bond motifs is 2. The van der Waals surface area contributed by atoms with Crippen molar-refractivity contribution in [3.63, 3.8) is 0 Å². The van der Waals surface area contributed by atoms with Crippen molar-refractivity contribution >= 4 is 123 Å². The zero-order valence-electron chi connectivity index (χ0n) is 71.3. The van der Waals surface area contributed by atoms with Crippen LogP contribution in [0, 0.1) is 3.70 Å². The van der Waals surface area contributed by atoms with Gasteiger partial charge in [-0.3, -0.25) is 19.2 Å². The third kappa shape index (κ3) is 25.9. The number of ether oxygens (including phenoxy) is 4. The van der Waals surface area contributed by atoms with E-state index in [0.717, 1.165) is 51.9 Å². The molecule has 6 saturated heterocycles. The second-order valence-corrected chi connectivity index (χ2v) is 35.3. The van der Waals surface area contributed by atoms with Crippen LogP contribution in [0.2, 0.25) is 0 Å². The van der Waals surface area contributed by atoms with E-state index in [1.165, 1.54) is 6.07 Å². The van der Waals surface area contributed by atoms with Gasteiger partial charge in [0.05, 0.1) is 143 Å². The highest BCUT2D eigenvalue weighted by Crippen LogP contribution is 2.38. The first-order valence-corrected chi connectivity index (χ1v) is 42.8. The van der Waals surface area contributed by atoms with Gasteiger partial charge in [-0.25, -0.2) is 23.8 Å². The largest absolute Gasteiger partial charge is 0.494 e. The summed E-state index contributed by atoms with van der Waals surface area (Å²) in [7, 11) is 4.37. The number of aromatic nitrogens is 6. The Labute approximate surface area is 748 Å². The number of nitrogens with zero attached hydrogens (tertiary/aromatic N) is 10. The van der Waals surface area contributed by atoms with Crippen molar-refractivity contribution in [1.82, 2.24) is 48.8 Å². The van der Waals surface area contributed by atoms with Crippen LogP contribution in [0.25, 0.3) is 33.8 Å². The number of carboxylic acids is 1. The average Bonchev–Trinajstić information content (AvgIpc) is 1.60. The number of morpholine rings is 4. The predicted octanol–water partition coefficient (Wildman–Crippen LogP) is 8.60. The van der Waals surface area contributed by atoms with Gasteiger partial charge in [0, 0.05) is 107 Å². The highest BCUT2D eigenvalue weighted by atomic mass is 127. The van der Waals surface area contributed by atoms with E-state index in [1.54, 1.807) is 123 Å². The summed E-state index contributed by atoms with van der Waals surface area (Å²) < 4.78 is 49.8. The molecular formula is C86H108B3Br2IN10O21. The predicted molar refractivity (Wildman–Crippen MR) is 478 cm³/mol. The lowest BCUT2D eigenvalue weighted by Crippen LogP contribution is -2.44. The van der Waals surface area contributed by atoms with Crippen LogP contribution in [0.15, 0.2) is 143 Å². The van der Waals surface area contributed by atoms with E-state index in [0.29, 0.717) is 155 Å². The maximum absolute atomic E-state index is 12.7. The summed E-state index contributed by atoms with van der Waals surface area (Å²) in [5.41, 5.74) is 7.23. The zero-order chi connectivity index (χ0) is 89.9. The Morgan fingerprint density at radius 3 is 1.15 bits per heavy atom. The summed E-state index contributed by atoms with van der Waals surface area (Å²) in [5, 5.41) is 83.3. The van der Waals surface area contributed by atoms with Gasteiger partial charge in [0.15, 0.2) is 11.3 Å². The molecule has 15 rings (SSSR count). The van der Waals surface area contributed by atoms with Crippen LogP contribution in [0.3, 0.4) is 0 Å². The fourth-order valence-electron chi connectivity index (χ4n) is 12.7. The molecular weight excluding hydrogens is 1830 g/mol. The lowest BCUT2D eigenvalue weighted by molar-refractivity contribution is -0.107. The Kier molecular flexibility index (Phi) is 35.3. The number of aliphatic hydroxyl groups is 7. The molecule has 4 aromatic heterocycles. The fourth-order valence-corrected chi connectivity index (χ4v) is 14.0. The minimum atomic E-state index is -1.02. The summed E-state index contributed by atoms with van der Waals surface area (Å²) >= 11 is 8.69. The number of hydrogen-bond donors (Lipinski definition) is 8. The van der Waals surface area contributed by atoms with Crippen LogP contribution in [-0.2, 0) is 70.6 Å². The summed E-state index contributed by atoms with van der Waals surface area (Å²) in [5.74, 6) is -1.28. The Hall–Kier alpha value is -8.03. The number of rotatable bonds is 14. The Bertz CT molecular complexity index is 5060. The van der Waals surface area contributed by atoms with Crippen molar-refractivity contribution in [2.45, 2.75) is 150 Å². The fraction of sp³-hybridized carbons (Fsp3) is 0.453. The number of amides is 4. The third-order valence-corrected chi connectivity index (χ3v) is 23.9. The van der Waals surface area contributed by atoms with Crippen LogP contribution >= 0.6 is 54.5 Å². The molecule has 0 atom stereocenters. The molecule has 6 fully saturated rings. The molecule has 10 heterocycles. The summed E-state index contributed by atoms with van der Waals surface area (Å²) in [4.78, 5) is 76.4. The normalized spacial score (nSPS) is 17.1. The van der Waals surface area contributed by atoms with Gasteiger partial charge in [-0.1, -0.05) is 56.1 Å². The molecule has 4 amide bonds. The number of imidazole rings is 2.